The summed E-state index contributed by atoms with van der Waals surface area (Å²) < 4.78 is 4.64. The predicted octanol–water partition coefficient (Wildman–Crippen LogP) is 2.55. The van der Waals surface area contributed by atoms with Crippen LogP contribution in [0.15, 0.2) is 36.4 Å². The molecule has 0 atom stereocenters. The second-order valence-electron chi connectivity index (χ2n) is 5.21. The number of rotatable bonds is 4. The van der Waals surface area contributed by atoms with Gasteiger partial charge in [-0.1, -0.05) is 6.07 Å². The van der Waals surface area contributed by atoms with Crippen molar-refractivity contribution in [3.05, 3.63) is 53.1 Å². The molecule has 2 rings (SSSR count). The first kappa shape index (κ1) is 17.9. The molecule has 25 heavy (non-hydrogen) atoms. The molecule has 2 aromatic carbocycles. The topological polar surface area (TPSA) is 116 Å². The van der Waals surface area contributed by atoms with Gasteiger partial charge < -0.3 is 25.4 Å². The largest absolute Gasteiger partial charge is 0.504 e. The first-order valence-corrected chi connectivity index (χ1v) is 7.25. The number of anilines is 1. The highest BCUT2D eigenvalue weighted by molar-refractivity contribution is 6.03. The number of benzene rings is 2. The number of amides is 1. The normalized spacial score (nSPS) is 10.6. The molecule has 1 amide bonds. The third-order valence-electron chi connectivity index (χ3n) is 3.49. The summed E-state index contributed by atoms with van der Waals surface area (Å²) in [6.45, 7) is 1.77. The van der Waals surface area contributed by atoms with Crippen molar-refractivity contribution in [2.24, 2.45) is 0 Å². The predicted molar refractivity (Wildman–Crippen MR) is 91.6 cm³/mol. The van der Waals surface area contributed by atoms with Crippen LogP contribution in [0.5, 0.6) is 17.2 Å². The second-order valence-corrected chi connectivity index (χ2v) is 5.21. The van der Waals surface area contributed by atoms with Crippen molar-refractivity contribution in [2.75, 3.05) is 12.4 Å². The quantitative estimate of drug-likeness (QED) is 0.385. The van der Waals surface area contributed by atoms with Crippen molar-refractivity contribution < 1.29 is 29.6 Å². The highest BCUT2D eigenvalue weighted by atomic mass is 16.5. The molecule has 0 unspecified atom stereocenters. The Morgan fingerprint density at radius 1 is 1.08 bits per heavy atom. The number of ether oxygens (including phenoxy) is 1. The SMILES string of the molecule is COC(=O)c1ccc(C)c(NC(=O)C=Cc2ccc(O)c(O)c2O)c1. The summed E-state index contributed by atoms with van der Waals surface area (Å²) in [5.74, 6) is -2.68. The number of phenolic OH excluding ortho intramolecular Hbond substituents is 3. The number of carbonyl (C=O) groups excluding carboxylic acids is 2. The maximum Gasteiger partial charge on any atom is 0.337 e. The Labute approximate surface area is 143 Å². The van der Waals surface area contributed by atoms with E-state index in [1.807, 2.05) is 0 Å². The van der Waals surface area contributed by atoms with Crippen molar-refractivity contribution in [1.29, 1.82) is 0 Å². The molecule has 0 saturated carbocycles. The van der Waals surface area contributed by atoms with E-state index in [0.717, 1.165) is 11.6 Å². The van der Waals surface area contributed by atoms with E-state index in [1.165, 1.54) is 31.4 Å². The first-order valence-electron chi connectivity index (χ1n) is 7.25. The van der Waals surface area contributed by atoms with Crippen molar-refractivity contribution in [1.82, 2.24) is 0 Å². The molecule has 4 N–H and O–H groups in total. The molecule has 0 heterocycles. The number of methoxy groups -OCH3 is 1. The Hall–Kier alpha value is -3.48. The summed E-state index contributed by atoms with van der Waals surface area (Å²) in [4.78, 5) is 23.6. The fourth-order valence-corrected chi connectivity index (χ4v) is 2.06. The van der Waals surface area contributed by atoms with E-state index in [4.69, 9.17) is 0 Å². The van der Waals surface area contributed by atoms with Crippen LogP contribution >= 0.6 is 0 Å². The summed E-state index contributed by atoms with van der Waals surface area (Å²) in [7, 11) is 1.27. The molecule has 0 aliphatic rings. The van der Waals surface area contributed by atoms with Crippen molar-refractivity contribution in [3.8, 4) is 17.2 Å². The van der Waals surface area contributed by atoms with Crippen molar-refractivity contribution in [2.45, 2.75) is 6.92 Å². The number of hydrogen-bond acceptors (Lipinski definition) is 6. The third-order valence-corrected chi connectivity index (χ3v) is 3.49. The van der Waals surface area contributed by atoms with Gasteiger partial charge in [-0.3, -0.25) is 4.79 Å². The summed E-state index contributed by atoms with van der Waals surface area (Å²) in [5, 5.41) is 31.0. The average Bonchev–Trinajstić information content (AvgIpc) is 2.60. The lowest BCUT2D eigenvalue weighted by Crippen LogP contribution is -2.10. The van der Waals surface area contributed by atoms with Crippen LogP contribution in [0.25, 0.3) is 6.08 Å². The van der Waals surface area contributed by atoms with Crippen LogP contribution in [-0.4, -0.2) is 34.3 Å². The zero-order chi connectivity index (χ0) is 18.6. The Morgan fingerprint density at radius 3 is 2.48 bits per heavy atom. The van der Waals surface area contributed by atoms with E-state index in [0.29, 0.717) is 11.3 Å². The standard InChI is InChI=1S/C18H17NO6/c1-10-3-4-12(18(24)25-2)9-13(10)19-15(21)8-6-11-5-7-14(20)17(23)16(11)22/h3-9,20,22-23H,1-2H3,(H,19,21). The van der Waals surface area contributed by atoms with Crippen LogP contribution in [-0.2, 0) is 9.53 Å². The van der Waals surface area contributed by atoms with E-state index in [1.54, 1.807) is 19.1 Å². The number of carbonyl (C=O) groups is 2. The molecule has 130 valence electrons. The van der Waals surface area contributed by atoms with E-state index in [2.05, 4.69) is 10.1 Å². The summed E-state index contributed by atoms with van der Waals surface area (Å²) in [6.07, 6.45) is 2.43. The molecule has 0 radical (unpaired) electrons. The molecular weight excluding hydrogens is 326 g/mol. The molecule has 0 aromatic heterocycles. The molecule has 7 nitrogen and oxygen atoms in total. The fraction of sp³-hybridized carbons (Fsp3) is 0.111. The lowest BCUT2D eigenvalue weighted by Gasteiger charge is -2.08. The van der Waals surface area contributed by atoms with Gasteiger partial charge in [0.05, 0.1) is 12.7 Å². The zero-order valence-corrected chi connectivity index (χ0v) is 13.6. The number of hydrogen-bond donors (Lipinski definition) is 4. The summed E-state index contributed by atoms with van der Waals surface area (Å²) in [6, 6.07) is 7.30. The van der Waals surface area contributed by atoms with Gasteiger partial charge in [0, 0.05) is 17.3 Å². The minimum atomic E-state index is -0.663. The number of nitrogens with one attached hydrogen (secondary N) is 1. The number of aromatic hydroxyl groups is 3. The molecule has 7 heteroatoms. The van der Waals surface area contributed by atoms with Crippen molar-refractivity contribution >= 4 is 23.6 Å². The minimum Gasteiger partial charge on any atom is -0.504 e. The van der Waals surface area contributed by atoms with E-state index < -0.39 is 29.1 Å². The van der Waals surface area contributed by atoms with Crippen LogP contribution in [0.3, 0.4) is 0 Å². The molecule has 0 saturated heterocycles. The summed E-state index contributed by atoms with van der Waals surface area (Å²) in [5.41, 5.74) is 1.65. The lowest BCUT2D eigenvalue weighted by molar-refractivity contribution is -0.111. The third kappa shape index (κ3) is 4.08. The zero-order valence-electron chi connectivity index (χ0n) is 13.6. The smallest absolute Gasteiger partial charge is 0.337 e. The van der Waals surface area contributed by atoms with Crippen LogP contribution in [0.1, 0.15) is 21.5 Å². The van der Waals surface area contributed by atoms with Gasteiger partial charge in [0.1, 0.15) is 0 Å². The lowest BCUT2D eigenvalue weighted by atomic mass is 10.1. The molecule has 2 aromatic rings. The van der Waals surface area contributed by atoms with E-state index >= 15 is 0 Å². The maximum atomic E-state index is 12.0. The van der Waals surface area contributed by atoms with Gasteiger partial charge in [-0.2, -0.15) is 0 Å². The molecular formula is C18H17NO6. The average molecular weight is 343 g/mol. The van der Waals surface area contributed by atoms with Gasteiger partial charge in [0.2, 0.25) is 11.7 Å². The number of esters is 1. The van der Waals surface area contributed by atoms with Crippen LogP contribution < -0.4 is 5.32 Å². The van der Waals surface area contributed by atoms with Gasteiger partial charge in [-0.05, 0) is 42.8 Å². The Bertz CT molecular complexity index is 857. The van der Waals surface area contributed by atoms with Crippen molar-refractivity contribution in [3.63, 3.8) is 0 Å². The molecule has 0 fully saturated rings. The molecule has 0 aliphatic heterocycles. The van der Waals surface area contributed by atoms with Gasteiger partial charge in [0.25, 0.3) is 0 Å². The minimum absolute atomic E-state index is 0.158. The molecule has 0 aliphatic carbocycles. The monoisotopic (exact) mass is 343 g/mol. The highest BCUT2D eigenvalue weighted by Gasteiger charge is 2.11. The fourth-order valence-electron chi connectivity index (χ4n) is 2.06. The Kier molecular flexibility index (Phi) is 5.28. The van der Waals surface area contributed by atoms with E-state index in [9.17, 15) is 24.9 Å². The maximum absolute atomic E-state index is 12.0. The molecule has 0 bridgehead atoms. The van der Waals surface area contributed by atoms with Crippen LogP contribution in [0.4, 0.5) is 5.69 Å². The first-order chi connectivity index (χ1) is 11.8. The number of phenols is 3. The van der Waals surface area contributed by atoms with Gasteiger partial charge in [0.15, 0.2) is 11.5 Å². The highest BCUT2D eigenvalue weighted by Crippen LogP contribution is 2.37. The Morgan fingerprint density at radius 2 is 1.80 bits per heavy atom. The second kappa shape index (κ2) is 7.39. The van der Waals surface area contributed by atoms with Gasteiger partial charge >= 0.3 is 5.97 Å². The van der Waals surface area contributed by atoms with E-state index in [-0.39, 0.29) is 5.56 Å². The van der Waals surface area contributed by atoms with Gasteiger partial charge in [-0.15, -0.1) is 0 Å². The molecule has 0 spiro atoms. The summed E-state index contributed by atoms with van der Waals surface area (Å²) >= 11 is 0. The van der Waals surface area contributed by atoms with Crippen LogP contribution in [0, 0.1) is 6.92 Å². The Balaban J connectivity index is 2.18. The van der Waals surface area contributed by atoms with Crippen LogP contribution in [0.2, 0.25) is 0 Å². The van der Waals surface area contributed by atoms with Gasteiger partial charge in [-0.25, -0.2) is 4.79 Å². The number of aryl methyl sites for hydroxylation is 1.